The lowest BCUT2D eigenvalue weighted by atomic mass is 10.1. The monoisotopic (exact) mass is 302 g/mol. The van der Waals surface area contributed by atoms with Crippen LogP contribution < -0.4 is 0 Å². The van der Waals surface area contributed by atoms with E-state index in [0.717, 1.165) is 0 Å². The predicted octanol–water partition coefficient (Wildman–Crippen LogP) is 2.37. The first-order chi connectivity index (χ1) is 9.79. The van der Waals surface area contributed by atoms with Crippen molar-refractivity contribution in [1.82, 2.24) is 4.90 Å². The Morgan fingerprint density at radius 2 is 1.95 bits per heavy atom. The SMILES string of the molecule is COCCN(C(=O)c1cc(F)c(F)cc1[N+](=O)[O-])C(C)C. The van der Waals surface area contributed by atoms with Crippen molar-refractivity contribution in [2.24, 2.45) is 0 Å². The topological polar surface area (TPSA) is 72.7 Å². The molecule has 0 saturated carbocycles. The molecule has 1 aromatic rings. The van der Waals surface area contributed by atoms with E-state index < -0.39 is 33.7 Å². The molecule has 0 atom stereocenters. The normalized spacial score (nSPS) is 10.8. The minimum absolute atomic E-state index is 0.184. The molecule has 0 saturated heterocycles. The van der Waals surface area contributed by atoms with Crippen LogP contribution in [0, 0.1) is 21.7 Å². The molecule has 116 valence electrons. The highest BCUT2D eigenvalue weighted by molar-refractivity contribution is 5.98. The largest absolute Gasteiger partial charge is 0.383 e. The number of hydrogen-bond acceptors (Lipinski definition) is 4. The van der Waals surface area contributed by atoms with Crippen molar-refractivity contribution in [3.63, 3.8) is 0 Å². The molecule has 1 rings (SSSR count). The molecule has 0 N–H and O–H groups in total. The number of nitro benzene ring substituents is 1. The van der Waals surface area contributed by atoms with E-state index in [4.69, 9.17) is 4.74 Å². The summed E-state index contributed by atoms with van der Waals surface area (Å²) in [6.45, 7) is 3.82. The number of hydrogen-bond donors (Lipinski definition) is 0. The maximum atomic E-state index is 13.3. The van der Waals surface area contributed by atoms with Crippen molar-refractivity contribution in [2.45, 2.75) is 19.9 Å². The molecule has 0 radical (unpaired) electrons. The van der Waals surface area contributed by atoms with E-state index in [1.54, 1.807) is 13.8 Å². The van der Waals surface area contributed by atoms with Crippen LogP contribution in [0.5, 0.6) is 0 Å². The third-order valence-corrected chi connectivity index (χ3v) is 2.89. The molecule has 1 amide bonds. The van der Waals surface area contributed by atoms with Gasteiger partial charge in [0.05, 0.1) is 17.6 Å². The highest BCUT2D eigenvalue weighted by atomic mass is 19.2. The molecule has 0 unspecified atom stereocenters. The zero-order valence-electron chi connectivity index (χ0n) is 11.9. The molecular formula is C13H16F2N2O4. The van der Waals surface area contributed by atoms with Gasteiger partial charge >= 0.3 is 0 Å². The highest BCUT2D eigenvalue weighted by Crippen LogP contribution is 2.24. The van der Waals surface area contributed by atoms with E-state index in [9.17, 15) is 23.7 Å². The number of carbonyl (C=O) groups is 1. The summed E-state index contributed by atoms with van der Waals surface area (Å²) >= 11 is 0. The second-order valence-electron chi connectivity index (χ2n) is 4.63. The van der Waals surface area contributed by atoms with E-state index in [2.05, 4.69) is 0 Å². The minimum atomic E-state index is -1.37. The number of halogens is 2. The zero-order chi connectivity index (χ0) is 16.2. The van der Waals surface area contributed by atoms with Gasteiger partial charge in [-0.1, -0.05) is 0 Å². The second-order valence-corrected chi connectivity index (χ2v) is 4.63. The Labute approximate surface area is 120 Å². The lowest BCUT2D eigenvalue weighted by molar-refractivity contribution is -0.385. The fourth-order valence-electron chi connectivity index (χ4n) is 1.80. The Kier molecular flexibility index (Phi) is 5.71. The molecular weight excluding hydrogens is 286 g/mol. The quantitative estimate of drug-likeness (QED) is 0.597. The van der Waals surface area contributed by atoms with E-state index >= 15 is 0 Å². The highest BCUT2D eigenvalue weighted by Gasteiger charge is 2.28. The van der Waals surface area contributed by atoms with E-state index in [1.807, 2.05) is 0 Å². The number of nitrogens with zero attached hydrogens (tertiary/aromatic N) is 2. The fraction of sp³-hybridized carbons (Fsp3) is 0.462. The fourth-order valence-corrected chi connectivity index (χ4v) is 1.80. The molecule has 8 heteroatoms. The maximum Gasteiger partial charge on any atom is 0.285 e. The van der Waals surface area contributed by atoms with Crippen LogP contribution in [0.2, 0.25) is 0 Å². The third-order valence-electron chi connectivity index (χ3n) is 2.89. The molecule has 21 heavy (non-hydrogen) atoms. The van der Waals surface area contributed by atoms with Gasteiger partial charge in [-0.05, 0) is 19.9 Å². The number of nitro groups is 1. The smallest absolute Gasteiger partial charge is 0.285 e. The average molecular weight is 302 g/mol. The predicted molar refractivity (Wildman–Crippen MR) is 71.1 cm³/mol. The van der Waals surface area contributed by atoms with Crippen LogP contribution in [-0.4, -0.2) is 42.0 Å². The van der Waals surface area contributed by atoms with E-state index in [1.165, 1.54) is 12.0 Å². The summed E-state index contributed by atoms with van der Waals surface area (Å²) in [7, 11) is 1.45. The summed E-state index contributed by atoms with van der Waals surface area (Å²) in [6.07, 6.45) is 0. The first-order valence-electron chi connectivity index (χ1n) is 6.23. The van der Waals surface area contributed by atoms with Crippen molar-refractivity contribution < 1.29 is 23.2 Å². The molecule has 6 nitrogen and oxygen atoms in total. The van der Waals surface area contributed by atoms with Crippen LogP contribution in [-0.2, 0) is 4.74 Å². The van der Waals surface area contributed by atoms with Gasteiger partial charge in [0, 0.05) is 19.7 Å². The molecule has 0 heterocycles. The van der Waals surface area contributed by atoms with Gasteiger partial charge in [-0.2, -0.15) is 0 Å². The van der Waals surface area contributed by atoms with Crippen molar-refractivity contribution >= 4 is 11.6 Å². The van der Waals surface area contributed by atoms with Crippen molar-refractivity contribution in [3.05, 3.63) is 39.4 Å². The van der Waals surface area contributed by atoms with Crippen molar-refractivity contribution in [3.8, 4) is 0 Å². The van der Waals surface area contributed by atoms with Crippen LogP contribution >= 0.6 is 0 Å². The number of benzene rings is 1. The lowest BCUT2D eigenvalue weighted by Gasteiger charge is -2.26. The third kappa shape index (κ3) is 3.94. The van der Waals surface area contributed by atoms with Crippen molar-refractivity contribution in [2.75, 3.05) is 20.3 Å². The number of methoxy groups -OCH3 is 1. The molecule has 0 aliphatic heterocycles. The molecule has 0 fully saturated rings. The summed E-state index contributed by atoms with van der Waals surface area (Å²) in [5.41, 5.74) is -1.24. The summed E-state index contributed by atoms with van der Waals surface area (Å²) < 4.78 is 31.3. The van der Waals surface area contributed by atoms with Gasteiger partial charge in [0.1, 0.15) is 5.56 Å². The van der Waals surface area contributed by atoms with E-state index in [0.29, 0.717) is 12.1 Å². The van der Waals surface area contributed by atoms with Gasteiger partial charge in [0.2, 0.25) is 0 Å². The molecule has 0 spiro atoms. The van der Waals surface area contributed by atoms with E-state index in [-0.39, 0.29) is 19.2 Å². The van der Waals surface area contributed by atoms with Gasteiger partial charge in [-0.15, -0.1) is 0 Å². The maximum absolute atomic E-state index is 13.3. The molecule has 0 aliphatic carbocycles. The summed E-state index contributed by atoms with van der Waals surface area (Å²) in [6, 6.07) is 0.690. The van der Waals surface area contributed by atoms with Gasteiger partial charge in [0.25, 0.3) is 11.6 Å². The Hall–Kier alpha value is -2.09. The van der Waals surface area contributed by atoms with Gasteiger partial charge in [-0.25, -0.2) is 8.78 Å². The van der Waals surface area contributed by atoms with Gasteiger partial charge < -0.3 is 9.64 Å². The van der Waals surface area contributed by atoms with Crippen LogP contribution in [0.4, 0.5) is 14.5 Å². The zero-order valence-corrected chi connectivity index (χ0v) is 11.9. The molecule has 0 aliphatic rings. The van der Waals surface area contributed by atoms with Crippen LogP contribution in [0.3, 0.4) is 0 Å². The van der Waals surface area contributed by atoms with Gasteiger partial charge in [0.15, 0.2) is 11.6 Å². The summed E-state index contributed by atoms with van der Waals surface area (Å²) in [4.78, 5) is 23.7. The van der Waals surface area contributed by atoms with Crippen LogP contribution in [0.15, 0.2) is 12.1 Å². The van der Waals surface area contributed by atoms with Crippen molar-refractivity contribution in [1.29, 1.82) is 0 Å². The Bertz CT molecular complexity index is 549. The van der Waals surface area contributed by atoms with Gasteiger partial charge in [-0.3, -0.25) is 14.9 Å². The Morgan fingerprint density at radius 3 is 2.43 bits per heavy atom. The summed E-state index contributed by atoms with van der Waals surface area (Å²) in [5.74, 6) is -3.42. The number of carbonyl (C=O) groups excluding carboxylic acids is 1. The molecule has 0 bridgehead atoms. The molecule has 1 aromatic carbocycles. The minimum Gasteiger partial charge on any atom is -0.383 e. The molecule has 0 aromatic heterocycles. The first-order valence-corrected chi connectivity index (χ1v) is 6.23. The van der Waals surface area contributed by atoms with Crippen LogP contribution in [0.25, 0.3) is 0 Å². The number of rotatable bonds is 6. The Morgan fingerprint density at radius 1 is 1.38 bits per heavy atom. The number of ether oxygens (including phenoxy) is 1. The lowest BCUT2D eigenvalue weighted by Crippen LogP contribution is -2.39. The first kappa shape index (κ1) is 17.0. The Balaban J connectivity index is 3.26. The average Bonchev–Trinajstić information content (AvgIpc) is 2.40. The second kappa shape index (κ2) is 7.07. The number of amides is 1. The standard InChI is InChI=1S/C13H16F2N2O4/c1-8(2)16(4-5-21-3)13(18)9-6-10(14)11(15)7-12(9)17(19)20/h6-8H,4-5H2,1-3H3. The van der Waals surface area contributed by atoms with Crippen LogP contribution in [0.1, 0.15) is 24.2 Å². The summed E-state index contributed by atoms with van der Waals surface area (Å²) in [5, 5.41) is 10.9.